The van der Waals surface area contributed by atoms with Crippen molar-refractivity contribution >= 4 is 0 Å². The predicted molar refractivity (Wildman–Crippen MR) is 59.8 cm³/mol. The van der Waals surface area contributed by atoms with Crippen molar-refractivity contribution in [1.82, 2.24) is 0 Å². The zero-order valence-electron chi connectivity index (χ0n) is 9.45. The highest BCUT2D eigenvalue weighted by molar-refractivity contribution is 5.27. The van der Waals surface area contributed by atoms with Crippen LogP contribution in [0, 0.1) is 12.7 Å². The van der Waals surface area contributed by atoms with Gasteiger partial charge < -0.3 is 9.84 Å². The van der Waals surface area contributed by atoms with Crippen LogP contribution in [0.4, 0.5) is 4.39 Å². The van der Waals surface area contributed by atoms with Crippen LogP contribution in [-0.4, -0.2) is 23.9 Å². The van der Waals surface area contributed by atoms with Crippen LogP contribution in [0.1, 0.15) is 24.0 Å². The van der Waals surface area contributed by atoms with Gasteiger partial charge in [-0.3, -0.25) is 0 Å². The monoisotopic (exact) mass is 224 g/mol. The molecule has 3 heteroatoms. The summed E-state index contributed by atoms with van der Waals surface area (Å²) in [5, 5.41) is 9.98. The Morgan fingerprint density at radius 1 is 1.56 bits per heavy atom. The number of ether oxygens (including phenoxy) is 1. The van der Waals surface area contributed by atoms with Gasteiger partial charge in [-0.1, -0.05) is 6.07 Å². The van der Waals surface area contributed by atoms with Crippen LogP contribution >= 0.6 is 0 Å². The third-order valence-corrected chi connectivity index (χ3v) is 3.13. The molecule has 2 atom stereocenters. The second-order valence-corrected chi connectivity index (χ2v) is 4.39. The van der Waals surface area contributed by atoms with Crippen LogP contribution in [-0.2, 0) is 11.2 Å². The number of aliphatic hydroxyl groups excluding tert-OH is 1. The van der Waals surface area contributed by atoms with Crippen LogP contribution in [0.3, 0.4) is 0 Å². The Hall–Kier alpha value is -0.930. The Bertz CT molecular complexity index is 359. The molecular formula is C13H17FO2. The van der Waals surface area contributed by atoms with Crippen LogP contribution < -0.4 is 0 Å². The van der Waals surface area contributed by atoms with E-state index in [0.717, 1.165) is 30.6 Å². The molecular weight excluding hydrogens is 207 g/mol. The fourth-order valence-corrected chi connectivity index (χ4v) is 2.15. The molecule has 2 rings (SSSR count). The summed E-state index contributed by atoms with van der Waals surface area (Å²) < 4.78 is 18.3. The van der Waals surface area contributed by atoms with Crippen LogP contribution in [0.15, 0.2) is 18.2 Å². The maximum absolute atomic E-state index is 12.9. The highest BCUT2D eigenvalue weighted by Crippen LogP contribution is 2.20. The topological polar surface area (TPSA) is 29.5 Å². The van der Waals surface area contributed by atoms with Gasteiger partial charge in [0.25, 0.3) is 0 Å². The van der Waals surface area contributed by atoms with Crippen molar-refractivity contribution in [3.63, 3.8) is 0 Å². The number of hydrogen-bond acceptors (Lipinski definition) is 2. The Kier molecular flexibility index (Phi) is 3.56. The average Bonchev–Trinajstić information content (AvgIpc) is 2.75. The van der Waals surface area contributed by atoms with E-state index in [-0.39, 0.29) is 11.9 Å². The molecule has 1 fully saturated rings. The third kappa shape index (κ3) is 2.60. The number of halogens is 1. The van der Waals surface area contributed by atoms with E-state index in [1.165, 1.54) is 12.1 Å². The lowest BCUT2D eigenvalue weighted by Gasteiger charge is -2.18. The van der Waals surface area contributed by atoms with Gasteiger partial charge in [0.05, 0.1) is 12.2 Å². The van der Waals surface area contributed by atoms with Gasteiger partial charge in [0.1, 0.15) is 5.82 Å². The molecule has 1 aliphatic rings. The first-order valence-corrected chi connectivity index (χ1v) is 5.71. The molecule has 1 aliphatic heterocycles. The molecule has 1 heterocycles. The molecule has 0 saturated carbocycles. The molecule has 0 aliphatic carbocycles. The van der Waals surface area contributed by atoms with Crippen molar-refractivity contribution < 1.29 is 14.2 Å². The summed E-state index contributed by atoms with van der Waals surface area (Å²) in [5.41, 5.74) is 1.88. The maximum Gasteiger partial charge on any atom is 0.123 e. The molecule has 0 radical (unpaired) electrons. The van der Waals surface area contributed by atoms with E-state index in [1.807, 2.05) is 6.92 Å². The van der Waals surface area contributed by atoms with E-state index < -0.39 is 6.10 Å². The van der Waals surface area contributed by atoms with Gasteiger partial charge in [0.15, 0.2) is 0 Å². The zero-order chi connectivity index (χ0) is 11.5. The lowest BCUT2D eigenvalue weighted by molar-refractivity contribution is -0.000842. The number of aliphatic hydroxyl groups is 1. The van der Waals surface area contributed by atoms with Crippen molar-refractivity contribution in [2.75, 3.05) is 6.61 Å². The molecule has 0 bridgehead atoms. The van der Waals surface area contributed by atoms with Gasteiger partial charge in [0, 0.05) is 13.0 Å². The maximum atomic E-state index is 12.9. The highest BCUT2D eigenvalue weighted by Gasteiger charge is 2.24. The molecule has 2 nitrogen and oxygen atoms in total. The Labute approximate surface area is 95.1 Å². The third-order valence-electron chi connectivity index (χ3n) is 3.13. The number of aryl methyl sites for hydroxylation is 1. The standard InChI is InChI=1S/C13H17FO2/c1-9-7-11(14)5-4-10(9)8-12(15)13-3-2-6-16-13/h4-5,7,12-13,15H,2-3,6,8H2,1H3. The van der Waals surface area contributed by atoms with Gasteiger partial charge in [0.2, 0.25) is 0 Å². The van der Waals surface area contributed by atoms with E-state index >= 15 is 0 Å². The second-order valence-electron chi connectivity index (χ2n) is 4.39. The molecule has 88 valence electrons. The molecule has 1 aromatic rings. The lowest BCUT2D eigenvalue weighted by Crippen LogP contribution is -2.27. The lowest BCUT2D eigenvalue weighted by atomic mass is 9.98. The molecule has 0 amide bonds. The summed E-state index contributed by atoms with van der Waals surface area (Å²) >= 11 is 0. The van der Waals surface area contributed by atoms with Gasteiger partial charge in [-0.2, -0.15) is 0 Å². The van der Waals surface area contributed by atoms with Crippen molar-refractivity contribution in [3.8, 4) is 0 Å². The zero-order valence-corrected chi connectivity index (χ0v) is 9.45. The largest absolute Gasteiger partial charge is 0.390 e. The first-order chi connectivity index (χ1) is 7.66. The smallest absolute Gasteiger partial charge is 0.123 e. The van der Waals surface area contributed by atoms with Crippen LogP contribution in [0.2, 0.25) is 0 Å². The average molecular weight is 224 g/mol. The molecule has 0 aromatic heterocycles. The van der Waals surface area contributed by atoms with Crippen molar-refractivity contribution in [3.05, 3.63) is 35.1 Å². The Morgan fingerprint density at radius 2 is 2.38 bits per heavy atom. The van der Waals surface area contributed by atoms with E-state index in [9.17, 15) is 9.50 Å². The van der Waals surface area contributed by atoms with Crippen molar-refractivity contribution in [1.29, 1.82) is 0 Å². The number of rotatable bonds is 3. The summed E-state index contributed by atoms with van der Waals surface area (Å²) in [7, 11) is 0. The minimum absolute atomic E-state index is 0.0514. The summed E-state index contributed by atoms with van der Waals surface area (Å²) in [6, 6.07) is 4.67. The Morgan fingerprint density at radius 3 is 3.00 bits per heavy atom. The quantitative estimate of drug-likeness (QED) is 0.853. The summed E-state index contributed by atoms with van der Waals surface area (Å²) in [6.45, 7) is 2.60. The van der Waals surface area contributed by atoms with Gasteiger partial charge in [-0.05, 0) is 43.0 Å². The fourth-order valence-electron chi connectivity index (χ4n) is 2.15. The summed E-state index contributed by atoms with van der Waals surface area (Å²) in [6.07, 6.45) is 1.94. The number of benzene rings is 1. The van der Waals surface area contributed by atoms with E-state index in [0.29, 0.717) is 6.42 Å². The van der Waals surface area contributed by atoms with E-state index in [1.54, 1.807) is 6.07 Å². The number of hydrogen-bond donors (Lipinski definition) is 1. The molecule has 1 aromatic carbocycles. The molecule has 2 unspecified atom stereocenters. The molecule has 16 heavy (non-hydrogen) atoms. The fraction of sp³-hybridized carbons (Fsp3) is 0.538. The van der Waals surface area contributed by atoms with Crippen molar-refractivity contribution in [2.24, 2.45) is 0 Å². The summed E-state index contributed by atoms with van der Waals surface area (Å²) in [5.74, 6) is -0.229. The molecule has 1 N–H and O–H groups in total. The van der Waals surface area contributed by atoms with Gasteiger partial charge >= 0.3 is 0 Å². The van der Waals surface area contributed by atoms with Crippen LogP contribution in [0.25, 0.3) is 0 Å². The van der Waals surface area contributed by atoms with Crippen molar-refractivity contribution in [2.45, 2.75) is 38.4 Å². The second kappa shape index (κ2) is 4.93. The van der Waals surface area contributed by atoms with Gasteiger partial charge in [-0.25, -0.2) is 4.39 Å². The van der Waals surface area contributed by atoms with E-state index in [4.69, 9.17) is 4.74 Å². The highest BCUT2D eigenvalue weighted by atomic mass is 19.1. The predicted octanol–water partition coefficient (Wildman–Crippen LogP) is 2.22. The minimum atomic E-state index is -0.480. The first kappa shape index (κ1) is 11.6. The minimum Gasteiger partial charge on any atom is -0.390 e. The summed E-state index contributed by atoms with van der Waals surface area (Å²) in [4.78, 5) is 0. The van der Waals surface area contributed by atoms with Gasteiger partial charge in [-0.15, -0.1) is 0 Å². The SMILES string of the molecule is Cc1cc(F)ccc1CC(O)C1CCCO1. The molecule has 0 spiro atoms. The first-order valence-electron chi connectivity index (χ1n) is 5.71. The normalized spacial score (nSPS) is 22.3. The van der Waals surface area contributed by atoms with Crippen LogP contribution in [0.5, 0.6) is 0 Å². The van der Waals surface area contributed by atoms with E-state index in [2.05, 4.69) is 0 Å². The molecule has 1 saturated heterocycles. The Balaban J connectivity index is 2.02.